The summed E-state index contributed by atoms with van der Waals surface area (Å²) in [7, 11) is 0. The van der Waals surface area contributed by atoms with Gasteiger partial charge in [0.1, 0.15) is 5.82 Å². The second-order valence-electron chi connectivity index (χ2n) is 6.18. The number of anilines is 1. The van der Waals surface area contributed by atoms with E-state index in [9.17, 15) is 9.18 Å². The first-order chi connectivity index (χ1) is 12.1. The van der Waals surface area contributed by atoms with Gasteiger partial charge in [-0.25, -0.2) is 4.39 Å². The van der Waals surface area contributed by atoms with E-state index in [0.717, 1.165) is 11.1 Å². The van der Waals surface area contributed by atoms with Crippen LogP contribution in [0.15, 0.2) is 53.1 Å². The van der Waals surface area contributed by atoms with Crippen molar-refractivity contribution >= 4 is 11.6 Å². The molecule has 1 aliphatic rings. The van der Waals surface area contributed by atoms with Gasteiger partial charge in [0, 0.05) is 18.5 Å². The van der Waals surface area contributed by atoms with Crippen LogP contribution in [0.2, 0.25) is 0 Å². The molecule has 1 amide bonds. The molecule has 1 atom stereocenters. The molecular weight excluding hydrogens is 321 g/mol. The summed E-state index contributed by atoms with van der Waals surface area (Å²) >= 11 is 0. The molecule has 1 aliphatic heterocycles. The van der Waals surface area contributed by atoms with Gasteiger partial charge in [0.2, 0.25) is 17.6 Å². The molecule has 6 heteroatoms. The van der Waals surface area contributed by atoms with Gasteiger partial charge in [-0.05, 0) is 24.6 Å². The molecule has 5 nitrogen and oxygen atoms in total. The summed E-state index contributed by atoms with van der Waals surface area (Å²) in [4.78, 5) is 18.2. The van der Waals surface area contributed by atoms with Crippen LogP contribution in [0.3, 0.4) is 0 Å². The number of aromatic nitrogens is 2. The van der Waals surface area contributed by atoms with Gasteiger partial charge >= 0.3 is 0 Å². The molecule has 0 saturated carbocycles. The second-order valence-corrected chi connectivity index (χ2v) is 6.18. The fraction of sp³-hybridized carbons (Fsp3) is 0.211. The Morgan fingerprint density at radius 2 is 2.00 bits per heavy atom. The Labute approximate surface area is 144 Å². The average Bonchev–Trinajstić information content (AvgIpc) is 3.25. The minimum atomic E-state index is -0.407. The van der Waals surface area contributed by atoms with E-state index in [1.54, 1.807) is 12.1 Å². The number of carbonyl (C=O) groups is 1. The molecule has 126 valence electrons. The summed E-state index contributed by atoms with van der Waals surface area (Å²) in [5, 5.41) is 4.00. The Hall–Kier alpha value is -3.02. The number of nitrogens with zero attached hydrogens (tertiary/aromatic N) is 3. The summed E-state index contributed by atoms with van der Waals surface area (Å²) in [5.41, 5.74) is 2.05. The molecule has 3 aromatic rings. The topological polar surface area (TPSA) is 59.2 Å². The first kappa shape index (κ1) is 15.5. The van der Waals surface area contributed by atoms with Crippen LogP contribution in [0.4, 0.5) is 10.1 Å². The lowest BCUT2D eigenvalue weighted by molar-refractivity contribution is -0.117. The van der Waals surface area contributed by atoms with Crippen LogP contribution in [-0.4, -0.2) is 22.6 Å². The Kier molecular flexibility index (Phi) is 3.80. The second kappa shape index (κ2) is 6.12. The normalized spacial score (nSPS) is 17.3. The molecule has 1 saturated heterocycles. The summed E-state index contributed by atoms with van der Waals surface area (Å²) in [6, 6.07) is 14.2. The average molecular weight is 337 g/mol. The van der Waals surface area contributed by atoms with Gasteiger partial charge in [-0.3, -0.25) is 4.79 Å². The van der Waals surface area contributed by atoms with Crippen LogP contribution < -0.4 is 4.90 Å². The molecule has 1 aromatic heterocycles. The van der Waals surface area contributed by atoms with Gasteiger partial charge in [-0.1, -0.05) is 41.6 Å². The maximum atomic E-state index is 14.1. The van der Waals surface area contributed by atoms with Crippen molar-refractivity contribution in [1.29, 1.82) is 0 Å². The Bertz CT molecular complexity index is 923. The summed E-state index contributed by atoms with van der Waals surface area (Å²) in [6.45, 7) is 2.20. The monoisotopic (exact) mass is 337 g/mol. The number of benzene rings is 2. The van der Waals surface area contributed by atoms with Crippen LogP contribution in [0.1, 0.15) is 23.8 Å². The SMILES string of the molecule is Cc1ccc(F)c(N2CC(c3nc(-c4ccccc4)no3)CC2=O)c1. The third-order valence-electron chi connectivity index (χ3n) is 4.34. The van der Waals surface area contributed by atoms with Crippen molar-refractivity contribution in [2.75, 3.05) is 11.4 Å². The van der Waals surface area contributed by atoms with Crippen LogP contribution in [0.5, 0.6) is 0 Å². The number of rotatable bonds is 3. The van der Waals surface area contributed by atoms with E-state index in [1.807, 2.05) is 37.3 Å². The molecule has 4 rings (SSSR count). The molecule has 0 bridgehead atoms. The lowest BCUT2D eigenvalue weighted by atomic mass is 10.1. The number of hydrogen-bond donors (Lipinski definition) is 0. The van der Waals surface area contributed by atoms with Crippen molar-refractivity contribution in [3.63, 3.8) is 0 Å². The molecule has 0 spiro atoms. The summed E-state index contributed by atoms with van der Waals surface area (Å²) in [6.07, 6.45) is 0.226. The molecular formula is C19H16FN3O2. The number of amides is 1. The van der Waals surface area contributed by atoms with Gasteiger partial charge in [0.15, 0.2) is 0 Å². The van der Waals surface area contributed by atoms with Crippen LogP contribution >= 0.6 is 0 Å². The standard InChI is InChI=1S/C19H16FN3O2/c1-12-7-8-15(20)16(9-12)23-11-14(10-17(23)24)19-21-18(22-25-19)13-5-3-2-4-6-13/h2-9,14H,10-11H2,1H3. The van der Waals surface area contributed by atoms with Crippen LogP contribution in [0.25, 0.3) is 11.4 Å². The fourth-order valence-corrected chi connectivity index (χ4v) is 3.04. The van der Waals surface area contributed by atoms with Crippen LogP contribution in [0, 0.1) is 12.7 Å². The zero-order chi connectivity index (χ0) is 17.4. The number of aryl methyl sites for hydroxylation is 1. The zero-order valence-electron chi connectivity index (χ0n) is 13.6. The van der Waals surface area contributed by atoms with E-state index in [4.69, 9.17) is 4.52 Å². The quantitative estimate of drug-likeness (QED) is 0.731. The number of halogens is 1. The molecule has 0 aliphatic carbocycles. The summed E-state index contributed by atoms with van der Waals surface area (Å²) < 4.78 is 19.5. The first-order valence-electron chi connectivity index (χ1n) is 8.07. The number of hydrogen-bond acceptors (Lipinski definition) is 4. The Balaban J connectivity index is 1.59. The smallest absolute Gasteiger partial charge is 0.232 e. The predicted molar refractivity (Wildman–Crippen MR) is 90.6 cm³/mol. The third-order valence-corrected chi connectivity index (χ3v) is 4.34. The van der Waals surface area contributed by atoms with Gasteiger partial charge in [0.25, 0.3) is 0 Å². The van der Waals surface area contributed by atoms with E-state index in [-0.39, 0.29) is 18.2 Å². The van der Waals surface area contributed by atoms with E-state index < -0.39 is 5.82 Å². The maximum absolute atomic E-state index is 14.1. The molecule has 25 heavy (non-hydrogen) atoms. The summed E-state index contributed by atoms with van der Waals surface area (Å²) in [5.74, 6) is 0.104. The van der Waals surface area contributed by atoms with Crippen molar-refractivity contribution in [2.24, 2.45) is 0 Å². The van der Waals surface area contributed by atoms with Crippen LogP contribution in [-0.2, 0) is 4.79 Å². The van der Waals surface area contributed by atoms with Crippen molar-refractivity contribution < 1.29 is 13.7 Å². The van der Waals surface area contributed by atoms with Crippen molar-refractivity contribution in [1.82, 2.24) is 10.1 Å². The Morgan fingerprint density at radius 3 is 2.80 bits per heavy atom. The van der Waals surface area contributed by atoms with Crippen molar-refractivity contribution in [2.45, 2.75) is 19.3 Å². The maximum Gasteiger partial charge on any atom is 0.232 e. The zero-order valence-corrected chi connectivity index (χ0v) is 13.6. The molecule has 0 radical (unpaired) electrons. The van der Waals surface area contributed by atoms with E-state index in [1.165, 1.54) is 11.0 Å². The van der Waals surface area contributed by atoms with Gasteiger partial charge in [0.05, 0.1) is 11.6 Å². The first-order valence-corrected chi connectivity index (χ1v) is 8.07. The van der Waals surface area contributed by atoms with Gasteiger partial charge in [-0.15, -0.1) is 0 Å². The van der Waals surface area contributed by atoms with E-state index in [0.29, 0.717) is 23.9 Å². The highest BCUT2D eigenvalue weighted by molar-refractivity contribution is 5.96. The molecule has 1 fully saturated rings. The number of carbonyl (C=O) groups excluding carboxylic acids is 1. The van der Waals surface area contributed by atoms with E-state index >= 15 is 0 Å². The molecule has 0 N–H and O–H groups in total. The minimum Gasteiger partial charge on any atom is -0.339 e. The largest absolute Gasteiger partial charge is 0.339 e. The van der Waals surface area contributed by atoms with E-state index in [2.05, 4.69) is 10.1 Å². The Morgan fingerprint density at radius 1 is 1.20 bits per heavy atom. The highest BCUT2D eigenvalue weighted by atomic mass is 19.1. The molecule has 2 heterocycles. The van der Waals surface area contributed by atoms with Crippen molar-refractivity contribution in [3.8, 4) is 11.4 Å². The third kappa shape index (κ3) is 2.91. The van der Waals surface area contributed by atoms with Crippen molar-refractivity contribution in [3.05, 3.63) is 65.8 Å². The van der Waals surface area contributed by atoms with Gasteiger partial charge in [-0.2, -0.15) is 4.98 Å². The fourth-order valence-electron chi connectivity index (χ4n) is 3.04. The van der Waals surface area contributed by atoms with Gasteiger partial charge < -0.3 is 9.42 Å². The lowest BCUT2D eigenvalue weighted by Crippen LogP contribution is -2.25. The highest BCUT2D eigenvalue weighted by Gasteiger charge is 2.36. The highest BCUT2D eigenvalue weighted by Crippen LogP contribution is 2.33. The predicted octanol–water partition coefficient (Wildman–Crippen LogP) is 3.70. The minimum absolute atomic E-state index is 0.144. The molecule has 2 aromatic carbocycles. The lowest BCUT2D eigenvalue weighted by Gasteiger charge is -2.17. The molecule has 1 unspecified atom stereocenters.